The van der Waals surface area contributed by atoms with Crippen molar-refractivity contribution in [2.45, 2.75) is 18.8 Å². The van der Waals surface area contributed by atoms with E-state index in [1.165, 1.54) is 20.3 Å². The molecule has 8 nitrogen and oxygen atoms in total. The van der Waals surface area contributed by atoms with E-state index in [9.17, 15) is 14.7 Å². The molecule has 2 aromatic rings. The number of methoxy groups -OCH3 is 3. The Balaban J connectivity index is 2.11. The van der Waals surface area contributed by atoms with Crippen molar-refractivity contribution in [1.29, 1.82) is 0 Å². The van der Waals surface area contributed by atoms with Crippen LogP contribution < -0.4 is 14.8 Å². The monoisotopic (exact) mass is 389 g/mol. The maximum Gasteiger partial charge on any atom is 0.408 e. The highest BCUT2D eigenvalue weighted by atomic mass is 16.6. The number of esters is 1. The third-order valence-corrected chi connectivity index (χ3v) is 4.01. The van der Waals surface area contributed by atoms with Crippen molar-refractivity contribution in [3.63, 3.8) is 0 Å². The van der Waals surface area contributed by atoms with Crippen LogP contribution in [0.25, 0.3) is 0 Å². The number of ether oxygens (including phenoxy) is 4. The van der Waals surface area contributed by atoms with Gasteiger partial charge in [0.05, 0.1) is 21.3 Å². The van der Waals surface area contributed by atoms with Crippen LogP contribution in [0.2, 0.25) is 0 Å². The molecule has 0 fully saturated rings. The molecule has 0 spiro atoms. The predicted molar refractivity (Wildman–Crippen MR) is 100 cm³/mol. The van der Waals surface area contributed by atoms with Crippen molar-refractivity contribution in [1.82, 2.24) is 5.32 Å². The highest BCUT2D eigenvalue weighted by molar-refractivity contribution is 5.82. The lowest BCUT2D eigenvalue weighted by Crippen LogP contribution is -2.45. The lowest BCUT2D eigenvalue weighted by Gasteiger charge is -2.22. The molecule has 0 aliphatic rings. The van der Waals surface area contributed by atoms with Crippen molar-refractivity contribution >= 4 is 12.1 Å². The Morgan fingerprint density at radius 1 is 1.00 bits per heavy atom. The van der Waals surface area contributed by atoms with Gasteiger partial charge in [-0.05, 0) is 23.3 Å². The molecule has 2 aromatic carbocycles. The van der Waals surface area contributed by atoms with Gasteiger partial charge in [-0.3, -0.25) is 0 Å². The Kier molecular flexibility index (Phi) is 7.65. The van der Waals surface area contributed by atoms with Crippen LogP contribution in [0.1, 0.15) is 17.2 Å². The van der Waals surface area contributed by atoms with E-state index >= 15 is 0 Å². The quantitative estimate of drug-likeness (QED) is 0.667. The SMILES string of the molecule is COC(=O)[C@@H](NC(=O)OCc1ccccc1)[C@H](O)c1ccc(OC)c(OC)c1. The van der Waals surface area contributed by atoms with Gasteiger partial charge in [0.2, 0.25) is 0 Å². The summed E-state index contributed by atoms with van der Waals surface area (Å²) >= 11 is 0. The molecule has 0 aromatic heterocycles. The molecule has 0 bridgehead atoms. The van der Waals surface area contributed by atoms with Gasteiger partial charge in [0, 0.05) is 0 Å². The fourth-order valence-electron chi connectivity index (χ4n) is 2.51. The summed E-state index contributed by atoms with van der Waals surface area (Å²) < 4.78 is 20.2. The molecule has 28 heavy (non-hydrogen) atoms. The Hall–Kier alpha value is -3.26. The number of amides is 1. The van der Waals surface area contributed by atoms with Crippen LogP contribution in [0.4, 0.5) is 4.79 Å². The van der Waals surface area contributed by atoms with E-state index in [4.69, 9.17) is 18.9 Å². The molecule has 2 atom stereocenters. The van der Waals surface area contributed by atoms with Crippen LogP contribution in [-0.2, 0) is 20.9 Å². The van der Waals surface area contributed by atoms with Gasteiger partial charge in [0.25, 0.3) is 0 Å². The average Bonchev–Trinajstić information content (AvgIpc) is 2.75. The van der Waals surface area contributed by atoms with Crippen LogP contribution >= 0.6 is 0 Å². The van der Waals surface area contributed by atoms with Crippen LogP contribution in [0, 0.1) is 0 Å². The van der Waals surface area contributed by atoms with E-state index in [0.717, 1.165) is 12.7 Å². The number of aliphatic hydroxyl groups is 1. The van der Waals surface area contributed by atoms with Crippen molar-refractivity contribution in [2.24, 2.45) is 0 Å². The third kappa shape index (κ3) is 5.37. The summed E-state index contributed by atoms with van der Waals surface area (Å²) in [4.78, 5) is 24.2. The van der Waals surface area contributed by atoms with Crippen LogP contribution in [-0.4, -0.2) is 44.5 Å². The molecule has 0 radical (unpaired) electrons. The number of benzene rings is 2. The number of nitrogens with one attached hydrogen (secondary N) is 1. The van der Waals surface area contributed by atoms with Crippen LogP contribution in [0.15, 0.2) is 48.5 Å². The molecule has 0 aliphatic heterocycles. The van der Waals surface area contributed by atoms with E-state index in [1.54, 1.807) is 24.3 Å². The summed E-state index contributed by atoms with van der Waals surface area (Å²) in [6.07, 6.45) is -2.25. The molecule has 0 saturated heterocycles. The summed E-state index contributed by atoms with van der Waals surface area (Å²) in [6, 6.07) is 12.3. The first-order chi connectivity index (χ1) is 13.5. The second-order valence-corrected chi connectivity index (χ2v) is 5.77. The molecule has 0 saturated carbocycles. The number of rotatable bonds is 8. The van der Waals surface area contributed by atoms with Crippen molar-refractivity contribution in [3.05, 3.63) is 59.7 Å². The summed E-state index contributed by atoms with van der Waals surface area (Å²) in [5, 5.41) is 13.0. The first-order valence-electron chi connectivity index (χ1n) is 8.45. The van der Waals surface area contributed by atoms with Crippen molar-refractivity contribution < 1.29 is 33.6 Å². The van der Waals surface area contributed by atoms with E-state index in [-0.39, 0.29) is 6.61 Å². The largest absolute Gasteiger partial charge is 0.493 e. The molecule has 8 heteroatoms. The number of carbonyl (C=O) groups excluding carboxylic acids is 2. The minimum Gasteiger partial charge on any atom is -0.493 e. The topological polar surface area (TPSA) is 103 Å². The van der Waals surface area contributed by atoms with E-state index in [2.05, 4.69) is 5.32 Å². The number of carbonyl (C=O) groups is 2. The first-order valence-corrected chi connectivity index (χ1v) is 8.45. The summed E-state index contributed by atoms with van der Waals surface area (Å²) in [6.45, 7) is 0.0209. The van der Waals surface area contributed by atoms with Gasteiger partial charge in [0.1, 0.15) is 12.7 Å². The summed E-state index contributed by atoms with van der Waals surface area (Å²) in [7, 11) is 4.09. The van der Waals surface area contributed by atoms with Crippen LogP contribution in [0.3, 0.4) is 0 Å². The fourth-order valence-corrected chi connectivity index (χ4v) is 2.51. The van der Waals surface area contributed by atoms with Gasteiger partial charge in [-0.1, -0.05) is 36.4 Å². The Labute approximate surface area is 163 Å². The maximum atomic E-state index is 12.1. The minimum atomic E-state index is -1.39. The lowest BCUT2D eigenvalue weighted by molar-refractivity contribution is -0.146. The number of hydrogen-bond donors (Lipinski definition) is 2. The van der Waals surface area contributed by atoms with Gasteiger partial charge in [-0.2, -0.15) is 0 Å². The number of aliphatic hydroxyl groups excluding tert-OH is 1. The zero-order valence-corrected chi connectivity index (χ0v) is 15.9. The fraction of sp³-hybridized carbons (Fsp3) is 0.300. The maximum absolute atomic E-state index is 12.1. The molecular formula is C20H23NO7. The van der Waals surface area contributed by atoms with Gasteiger partial charge in [-0.15, -0.1) is 0 Å². The molecule has 0 aliphatic carbocycles. The predicted octanol–water partition coefficient (Wildman–Crippen LogP) is 2.21. The highest BCUT2D eigenvalue weighted by Gasteiger charge is 2.31. The summed E-state index contributed by atoms with van der Waals surface area (Å²) in [5.41, 5.74) is 1.11. The Bertz CT molecular complexity index is 794. The molecule has 150 valence electrons. The van der Waals surface area contributed by atoms with Crippen molar-refractivity contribution in [3.8, 4) is 11.5 Å². The smallest absolute Gasteiger partial charge is 0.408 e. The van der Waals surface area contributed by atoms with E-state index < -0.39 is 24.2 Å². The second kappa shape index (κ2) is 10.2. The Morgan fingerprint density at radius 2 is 1.68 bits per heavy atom. The van der Waals surface area contributed by atoms with Gasteiger partial charge < -0.3 is 29.4 Å². The van der Waals surface area contributed by atoms with Gasteiger partial charge >= 0.3 is 12.1 Å². The van der Waals surface area contributed by atoms with Gasteiger partial charge in [0.15, 0.2) is 17.5 Å². The molecule has 2 N–H and O–H groups in total. The van der Waals surface area contributed by atoms with E-state index in [0.29, 0.717) is 17.1 Å². The molecule has 0 unspecified atom stereocenters. The number of alkyl carbamates (subject to hydrolysis) is 1. The number of hydrogen-bond acceptors (Lipinski definition) is 7. The standard InChI is InChI=1S/C20H23NO7/c1-25-15-10-9-14(11-16(15)26-2)18(22)17(19(23)27-3)21-20(24)28-12-13-7-5-4-6-8-13/h4-11,17-18,22H,12H2,1-3H3,(H,21,24)/t17-,18+/m0/s1. The zero-order valence-electron chi connectivity index (χ0n) is 15.9. The first kappa shape index (κ1) is 21.0. The molecule has 1 amide bonds. The molecule has 0 heterocycles. The summed E-state index contributed by atoms with van der Waals surface area (Å²) in [5.74, 6) is 0.0107. The van der Waals surface area contributed by atoms with Gasteiger partial charge in [-0.25, -0.2) is 9.59 Å². The highest BCUT2D eigenvalue weighted by Crippen LogP contribution is 2.31. The van der Waals surface area contributed by atoms with E-state index in [1.807, 2.05) is 18.2 Å². The second-order valence-electron chi connectivity index (χ2n) is 5.77. The minimum absolute atomic E-state index is 0.0209. The normalized spacial score (nSPS) is 12.4. The molecule has 2 rings (SSSR count). The average molecular weight is 389 g/mol. The third-order valence-electron chi connectivity index (χ3n) is 4.01. The Morgan fingerprint density at radius 3 is 2.29 bits per heavy atom. The molecular weight excluding hydrogens is 366 g/mol. The van der Waals surface area contributed by atoms with Crippen LogP contribution in [0.5, 0.6) is 11.5 Å². The zero-order chi connectivity index (χ0) is 20.5. The van der Waals surface area contributed by atoms with Crippen molar-refractivity contribution in [2.75, 3.05) is 21.3 Å². The lowest BCUT2D eigenvalue weighted by atomic mass is 10.0.